The number of rotatable bonds is 7. The molecule has 3 rings (SSSR count). The third-order valence-electron chi connectivity index (χ3n) is 4.06. The summed E-state index contributed by atoms with van der Waals surface area (Å²) in [6.07, 6.45) is 9.52. The Kier molecular flexibility index (Phi) is 5.88. The van der Waals surface area contributed by atoms with Crippen LogP contribution in [0.4, 0.5) is 5.69 Å². The van der Waals surface area contributed by atoms with E-state index in [2.05, 4.69) is 20.3 Å². The predicted molar refractivity (Wildman–Crippen MR) is 101 cm³/mol. The van der Waals surface area contributed by atoms with Gasteiger partial charge in [0, 0.05) is 44.9 Å². The molecule has 0 aromatic carbocycles. The molecule has 0 fully saturated rings. The fourth-order valence-corrected chi connectivity index (χ4v) is 2.47. The van der Waals surface area contributed by atoms with Crippen LogP contribution < -0.4 is 5.32 Å². The van der Waals surface area contributed by atoms with E-state index in [4.69, 9.17) is 0 Å². The van der Waals surface area contributed by atoms with Crippen LogP contribution in [0, 0.1) is 0 Å². The maximum atomic E-state index is 12.5. The minimum atomic E-state index is -0.0836. The first-order chi connectivity index (χ1) is 12.7. The molecule has 6 nitrogen and oxygen atoms in total. The highest BCUT2D eigenvalue weighted by Gasteiger charge is 2.12. The third-order valence-corrected chi connectivity index (χ3v) is 4.06. The Hall–Kier alpha value is -3.28. The van der Waals surface area contributed by atoms with Crippen LogP contribution in [0.25, 0.3) is 0 Å². The molecule has 3 aromatic heterocycles. The van der Waals surface area contributed by atoms with Crippen LogP contribution in [0.1, 0.15) is 21.6 Å². The number of nitrogens with zero attached hydrogens (tertiary/aromatic N) is 4. The number of hydrogen-bond acceptors (Lipinski definition) is 5. The molecule has 0 aliphatic rings. The van der Waals surface area contributed by atoms with Gasteiger partial charge in [-0.2, -0.15) is 0 Å². The molecule has 0 aliphatic heterocycles. The van der Waals surface area contributed by atoms with Crippen LogP contribution in [-0.2, 0) is 13.0 Å². The third kappa shape index (κ3) is 4.86. The Bertz CT molecular complexity index is 822. The second-order valence-corrected chi connectivity index (χ2v) is 5.97. The second-order valence-electron chi connectivity index (χ2n) is 5.97. The normalized spacial score (nSPS) is 10.3. The summed E-state index contributed by atoms with van der Waals surface area (Å²) < 4.78 is 0. The lowest BCUT2D eigenvalue weighted by Crippen LogP contribution is -2.29. The molecule has 1 N–H and O–H groups in total. The zero-order chi connectivity index (χ0) is 18.2. The molecule has 3 heterocycles. The minimum absolute atomic E-state index is 0.0836. The summed E-state index contributed by atoms with van der Waals surface area (Å²) in [7, 11) is 1.79. The number of carbonyl (C=O) groups is 1. The fourth-order valence-electron chi connectivity index (χ4n) is 2.47. The maximum Gasteiger partial charge on any atom is 0.272 e. The van der Waals surface area contributed by atoms with Gasteiger partial charge in [0.1, 0.15) is 5.69 Å². The lowest BCUT2D eigenvalue weighted by Gasteiger charge is -2.17. The van der Waals surface area contributed by atoms with Crippen molar-refractivity contribution < 1.29 is 4.79 Å². The summed E-state index contributed by atoms with van der Waals surface area (Å²) in [5.74, 6) is -0.0836. The number of hydrogen-bond donors (Lipinski definition) is 1. The van der Waals surface area contributed by atoms with E-state index in [9.17, 15) is 4.79 Å². The molecule has 132 valence electrons. The van der Waals surface area contributed by atoms with Gasteiger partial charge >= 0.3 is 0 Å². The summed E-state index contributed by atoms with van der Waals surface area (Å²) in [4.78, 5) is 26.5. The van der Waals surface area contributed by atoms with Crippen LogP contribution in [0.5, 0.6) is 0 Å². The van der Waals surface area contributed by atoms with E-state index in [1.165, 1.54) is 0 Å². The molecule has 1 amide bonds. The smallest absolute Gasteiger partial charge is 0.272 e. The number of aromatic nitrogens is 3. The Morgan fingerprint density at radius 2 is 1.62 bits per heavy atom. The number of nitrogens with one attached hydrogen (secondary N) is 1. The van der Waals surface area contributed by atoms with Gasteiger partial charge in [-0.15, -0.1) is 0 Å². The summed E-state index contributed by atoms with van der Waals surface area (Å²) in [6, 6.07) is 11.4. The first-order valence-electron chi connectivity index (χ1n) is 8.45. The van der Waals surface area contributed by atoms with Crippen molar-refractivity contribution in [2.45, 2.75) is 13.0 Å². The van der Waals surface area contributed by atoms with E-state index in [0.717, 1.165) is 23.2 Å². The van der Waals surface area contributed by atoms with Crippen molar-refractivity contribution >= 4 is 11.6 Å². The van der Waals surface area contributed by atoms with E-state index in [1.807, 2.05) is 30.3 Å². The topological polar surface area (TPSA) is 71.0 Å². The highest BCUT2D eigenvalue weighted by molar-refractivity contribution is 5.92. The molecule has 0 unspecified atom stereocenters. The van der Waals surface area contributed by atoms with Crippen molar-refractivity contribution in [1.82, 2.24) is 19.9 Å². The maximum absolute atomic E-state index is 12.5. The highest BCUT2D eigenvalue weighted by atomic mass is 16.2. The van der Waals surface area contributed by atoms with Crippen molar-refractivity contribution in [2.24, 2.45) is 0 Å². The zero-order valence-electron chi connectivity index (χ0n) is 14.7. The molecular formula is C20H21N5O. The van der Waals surface area contributed by atoms with Gasteiger partial charge in [-0.3, -0.25) is 14.8 Å². The van der Waals surface area contributed by atoms with Crippen LogP contribution in [-0.4, -0.2) is 39.4 Å². The second kappa shape index (κ2) is 8.71. The average molecular weight is 347 g/mol. The minimum Gasteiger partial charge on any atom is -0.380 e. The molecule has 26 heavy (non-hydrogen) atoms. The molecule has 0 aliphatic carbocycles. The Morgan fingerprint density at radius 3 is 2.23 bits per heavy atom. The van der Waals surface area contributed by atoms with Gasteiger partial charge in [-0.1, -0.05) is 0 Å². The molecule has 0 bridgehead atoms. The quantitative estimate of drug-likeness (QED) is 0.712. The predicted octanol–water partition coefficient (Wildman–Crippen LogP) is 2.80. The molecule has 0 radical (unpaired) electrons. The van der Waals surface area contributed by atoms with E-state index < -0.39 is 0 Å². The fraction of sp³-hybridized carbons (Fsp3) is 0.200. The summed E-state index contributed by atoms with van der Waals surface area (Å²) in [6.45, 7) is 1.32. The van der Waals surface area contributed by atoms with Gasteiger partial charge < -0.3 is 10.2 Å². The largest absolute Gasteiger partial charge is 0.380 e. The number of pyridine rings is 3. The Morgan fingerprint density at radius 1 is 0.962 bits per heavy atom. The lowest BCUT2D eigenvalue weighted by molar-refractivity contribution is 0.0791. The van der Waals surface area contributed by atoms with E-state index >= 15 is 0 Å². The molecule has 3 aromatic rings. The Labute approximate surface area is 153 Å². The van der Waals surface area contributed by atoms with Crippen molar-refractivity contribution in [3.8, 4) is 0 Å². The first-order valence-corrected chi connectivity index (χ1v) is 8.45. The van der Waals surface area contributed by atoms with Crippen molar-refractivity contribution in [3.63, 3.8) is 0 Å². The van der Waals surface area contributed by atoms with E-state index in [1.54, 1.807) is 49.0 Å². The van der Waals surface area contributed by atoms with Crippen LogP contribution in [0.15, 0.2) is 67.4 Å². The van der Waals surface area contributed by atoms with Crippen molar-refractivity contribution in [3.05, 3.63) is 84.2 Å². The van der Waals surface area contributed by atoms with Crippen molar-refractivity contribution in [1.29, 1.82) is 0 Å². The molecule has 0 spiro atoms. The molecule has 0 saturated heterocycles. The van der Waals surface area contributed by atoms with Crippen LogP contribution in [0.3, 0.4) is 0 Å². The SMILES string of the molecule is CN(CCc1ccncc1)C(=O)c1ccc(NCc2ccncc2)cn1. The van der Waals surface area contributed by atoms with Gasteiger partial charge in [0.15, 0.2) is 0 Å². The number of likely N-dealkylation sites (N-methyl/N-ethyl adjacent to an activating group) is 1. The number of anilines is 1. The monoisotopic (exact) mass is 347 g/mol. The van der Waals surface area contributed by atoms with Gasteiger partial charge in [-0.25, -0.2) is 4.98 Å². The summed E-state index contributed by atoms with van der Waals surface area (Å²) in [5, 5.41) is 3.28. The van der Waals surface area contributed by atoms with Crippen LogP contribution >= 0.6 is 0 Å². The molecule has 0 saturated carbocycles. The van der Waals surface area contributed by atoms with Crippen molar-refractivity contribution in [2.75, 3.05) is 18.9 Å². The van der Waals surface area contributed by atoms with Gasteiger partial charge in [0.25, 0.3) is 5.91 Å². The Balaban J connectivity index is 1.52. The van der Waals surface area contributed by atoms with E-state index in [0.29, 0.717) is 18.8 Å². The van der Waals surface area contributed by atoms with Gasteiger partial charge in [-0.05, 0) is 53.9 Å². The number of amides is 1. The van der Waals surface area contributed by atoms with Crippen LogP contribution in [0.2, 0.25) is 0 Å². The van der Waals surface area contributed by atoms with E-state index in [-0.39, 0.29) is 5.91 Å². The summed E-state index contributed by atoms with van der Waals surface area (Å²) >= 11 is 0. The first kappa shape index (κ1) is 17.5. The molecular weight excluding hydrogens is 326 g/mol. The van der Waals surface area contributed by atoms with Gasteiger partial charge in [0.2, 0.25) is 0 Å². The standard InChI is InChI=1S/C20H21N5O/c1-25(13-8-16-4-9-21-10-5-16)20(26)19-3-2-18(15-24-19)23-14-17-6-11-22-12-7-17/h2-7,9-12,15,23H,8,13-14H2,1H3. The molecule has 6 heteroatoms. The molecule has 0 atom stereocenters. The zero-order valence-corrected chi connectivity index (χ0v) is 14.7. The average Bonchev–Trinajstić information content (AvgIpc) is 2.72. The number of carbonyl (C=O) groups excluding carboxylic acids is 1. The van der Waals surface area contributed by atoms with Gasteiger partial charge in [0.05, 0.1) is 11.9 Å². The lowest BCUT2D eigenvalue weighted by atomic mass is 10.2. The highest BCUT2D eigenvalue weighted by Crippen LogP contribution is 2.10. The summed E-state index contributed by atoms with van der Waals surface area (Å²) in [5.41, 5.74) is 3.61.